The Morgan fingerprint density at radius 1 is 1.00 bits per heavy atom. The molecule has 1 heterocycles. The highest BCUT2D eigenvalue weighted by Gasteiger charge is 2.36. The summed E-state index contributed by atoms with van der Waals surface area (Å²) in [7, 11) is 2.99. The number of nitrogens with one attached hydrogen (secondary N) is 1. The van der Waals surface area contributed by atoms with Crippen LogP contribution in [0.1, 0.15) is 20.7 Å². The van der Waals surface area contributed by atoms with E-state index in [4.69, 9.17) is 9.47 Å². The van der Waals surface area contributed by atoms with Gasteiger partial charge in [0, 0.05) is 6.07 Å². The highest BCUT2D eigenvalue weighted by Crippen LogP contribution is 2.29. The highest BCUT2D eigenvalue weighted by molar-refractivity contribution is 6.22. The van der Waals surface area contributed by atoms with Crippen LogP contribution in [0, 0.1) is 0 Å². The topological polar surface area (TPSA) is 84.9 Å². The van der Waals surface area contributed by atoms with Gasteiger partial charge in [0.05, 0.1) is 31.0 Å². The normalized spacial score (nSPS) is 12.8. The molecule has 0 aliphatic carbocycles. The van der Waals surface area contributed by atoms with Gasteiger partial charge in [0.2, 0.25) is 5.91 Å². The molecule has 0 unspecified atom stereocenters. The van der Waals surface area contributed by atoms with E-state index in [9.17, 15) is 14.4 Å². The lowest BCUT2D eigenvalue weighted by Gasteiger charge is -2.15. The van der Waals surface area contributed by atoms with Crippen molar-refractivity contribution in [3.63, 3.8) is 0 Å². The number of carbonyl (C=O) groups excluding carboxylic acids is 3. The number of imide groups is 1. The molecule has 0 atom stereocenters. The third-order valence-corrected chi connectivity index (χ3v) is 3.86. The number of amides is 3. The van der Waals surface area contributed by atoms with Gasteiger partial charge in [-0.1, -0.05) is 12.1 Å². The number of fused-ring (bicyclic) bond motifs is 1. The third-order valence-electron chi connectivity index (χ3n) is 3.86. The highest BCUT2D eigenvalue weighted by atomic mass is 16.5. The van der Waals surface area contributed by atoms with Crippen LogP contribution in [0.5, 0.6) is 11.5 Å². The third kappa shape index (κ3) is 3.03. The number of methoxy groups -OCH3 is 2. The molecule has 0 radical (unpaired) electrons. The Balaban J connectivity index is 1.74. The van der Waals surface area contributed by atoms with Gasteiger partial charge >= 0.3 is 0 Å². The minimum absolute atomic E-state index is 0.308. The van der Waals surface area contributed by atoms with Crippen LogP contribution in [-0.2, 0) is 4.79 Å². The first-order valence-corrected chi connectivity index (χ1v) is 7.52. The summed E-state index contributed by atoms with van der Waals surface area (Å²) in [5.41, 5.74) is 1.04. The molecule has 0 saturated heterocycles. The van der Waals surface area contributed by atoms with Crippen LogP contribution >= 0.6 is 0 Å². The molecule has 7 nitrogen and oxygen atoms in total. The Morgan fingerprint density at radius 3 is 2.20 bits per heavy atom. The molecule has 25 heavy (non-hydrogen) atoms. The second-order valence-corrected chi connectivity index (χ2v) is 5.36. The van der Waals surface area contributed by atoms with Crippen molar-refractivity contribution in [2.24, 2.45) is 0 Å². The summed E-state index contributed by atoms with van der Waals surface area (Å²) >= 11 is 0. The predicted octanol–water partition coefficient (Wildman–Crippen LogP) is 1.94. The van der Waals surface area contributed by atoms with Gasteiger partial charge in [0.1, 0.15) is 18.0 Å². The minimum Gasteiger partial charge on any atom is -0.497 e. The molecule has 1 N–H and O–H groups in total. The van der Waals surface area contributed by atoms with Gasteiger partial charge in [-0.2, -0.15) is 0 Å². The molecule has 0 fully saturated rings. The molecule has 3 rings (SSSR count). The molecule has 7 heteroatoms. The fourth-order valence-corrected chi connectivity index (χ4v) is 2.62. The maximum Gasteiger partial charge on any atom is 0.262 e. The zero-order valence-corrected chi connectivity index (χ0v) is 13.7. The van der Waals surface area contributed by atoms with E-state index in [1.807, 2.05) is 0 Å². The van der Waals surface area contributed by atoms with E-state index < -0.39 is 17.7 Å². The SMILES string of the molecule is COc1ccc(NC(=O)CN2C(=O)c3ccccc3C2=O)c(OC)c1. The van der Waals surface area contributed by atoms with E-state index in [2.05, 4.69) is 5.32 Å². The fourth-order valence-electron chi connectivity index (χ4n) is 2.62. The quantitative estimate of drug-likeness (QED) is 0.841. The molecule has 128 valence electrons. The maximum absolute atomic E-state index is 12.3. The predicted molar refractivity (Wildman–Crippen MR) is 90.0 cm³/mol. The monoisotopic (exact) mass is 340 g/mol. The van der Waals surface area contributed by atoms with Crippen molar-refractivity contribution in [2.45, 2.75) is 0 Å². The summed E-state index contributed by atoms with van der Waals surface area (Å²) in [6.45, 7) is -0.373. The number of rotatable bonds is 5. The first kappa shape index (κ1) is 16.5. The molecular formula is C18H16N2O5. The van der Waals surface area contributed by atoms with E-state index in [-0.39, 0.29) is 6.54 Å². The van der Waals surface area contributed by atoms with Crippen molar-refractivity contribution >= 4 is 23.4 Å². The standard InChI is InChI=1S/C18H16N2O5/c1-24-11-7-8-14(15(9-11)25-2)19-16(21)10-20-17(22)12-5-3-4-6-13(12)18(20)23/h3-9H,10H2,1-2H3,(H,19,21). The van der Waals surface area contributed by atoms with E-state index in [1.165, 1.54) is 14.2 Å². The van der Waals surface area contributed by atoms with Crippen LogP contribution in [-0.4, -0.2) is 43.4 Å². The van der Waals surface area contributed by atoms with Crippen LogP contribution in [0.2, 0.25) is 0 Å². The lowest BCUT2D eigenvalue weighted by molar-refractivity contribution is -0.116. The zero-order valence-electron chi connectivity index (χ0n) is 13.7. The second-order valence-electron chi connectivity index (χ2n) is 5.36. The Labute approximate surface area is 144 Å². The summed E-state index contributed by atoms with van der Waals surface area (Å²) in [5, 5.41) is 2.64. The largest absolute Gasteiger partial charge is 0.497 e. The lowest BCUT2D eigenvalue weighted by Crippen LogP contribution is -2.37. The number of hydrogen-bond acceptors (Lipinski definition) is 5. The van der Waals surface area contributed by atoms with Gasteiger partial charge in [-0.3, -0.25) is 19.3 Å². The molecule has 2 aromatic rings. The van der Waals surface area contributed by atoms with Crippen molar-refractivity contribution in [1.82, 2.24) is 4.90 Å². The smallest absolute Gasteiger partial charge is 0.262 e. The van der Waals surface area contributed by atoms with E-state index in [0.29, 0.717) is 28.3 Å². The van der Waals surface area contributed by atoms with E-state index in [1.54, 1.807) is 42.5 Å². The maximum atomic E-state index is 12.3. The van der Waals surface area contributed by atoms with Crippen LogP contribution in [0.4, 0.5) is 5.69 Å². The Kier molecular flexibility index (Phi) is 4.38. The van der Waals surface area contributed by atoms with Crippen molar-refractivity contribution in [2.75, 3.05) is 26.1 Å². The van der Waals surface area contributed by atoms with Crippen LogP contribution in [0.25, 0.3) is 0 Å². The summed E-state index contributed by atoms with van der Waals surface area (Å²) in [4.78, 5) is 37.8. The molecule has 0 saturated carbocycles. The van der Waals surface area contributed by atoms with Crippen LogP contribution in [0.15, 0.2) is 42.5 Å². The number of hydrogen-bond donors (Lipinski definition) is 1. The van der Waals surface area contributed by atoms with Gasteiger partial charge in [-0.05, 0) is 24.3 Å². The summed E-state index contributed by atoms with van der Waals surface area (Å²) in [6.07, 6.45) is 0. The summed E-state index contributed by atoms with van der Waals surface area (Å²) < 4.78 is 10.3. The van der Waals surface area contributed by atoms with Crippen molar-refractivity contribution in [3.8, 4) is 11.5 Å². The van der Waals surface area contributed by atoms with Gasteiger partial charge in [-0.25, -0.2) is 0 Å². The average molecular weight is 340 g/mol. The Morgan fingerprint density at radius 2 is 1.64 bits per heavy atom. The number of carbonyl (C=O) groups is 3. The van der Waals surface area contributed by atoms with Crippen LogP contribution in [0.3, 0.4) is 0 Å². The number of ether oxygens (including phenoxy) is 2. The van der Waals surface area contributed by atoms with Gasteiger partial charge in [0.15, 0.2) is 0 Å². The minimum atomic E-state index is -0.502. The molecule has 0 spiro atoms. The molecule has 1 aliphatic rings. The van der Waals surface area contributed by atoms with Gasteiger partial charge in [0.25, 0.3) is 11.8 Å². The van der Waals surface area contributed by atoms with Crippen LogP contribution < -0.4 is 14.8 Å². The second kappa shape index (κ2) is 6.64. The fraction of sp³-hybridized carbons (Fsp3) is 0.167. The molecule has 0 aromatic heterocycles. The first-order chi connectivity index (χ1) is 12.0. The molecule has 0 bridgehead atoms. The summed E-state index contributed by atoms with van der Waals surface area (Å²) in [5.74, 6) is -0.460. The lowest BCUT2D eigenvalue weighted by atomic mass is 10.1. The number of nitrogens with zero attached hydrogens (tertiary/aromatic N) is 1. The molecule has 3 amide bonds. The number of benzene rings is 2. The first-order valence-electron chi connectivity index (χ1n) is 7.52. The zero-order chi connectivity index (χ0) is 18.0. The van der Waals surface area contributed by atoms with Gasteiger partial charge < -0.3 is 14.8 Å². The van der Waals surface area contributed by atoms with Crippen molar-refractivity contribution in [1.29, 1.82) is 0 Å². The molecule has 2 aromatic carbocycles. The Bertz CT molecular complexity index is 827. The Hall–Kier alpha value is -3.35. The van der Waals surface area contributed by atoms with Crippen molar-refractivity contribution < 1.29 is 23.9 Å². The van der Waals surface area contributed by atoms with E-state index >= 15 is 0 Å². The average Bonchev–Trinajstić information content (AvgIpc) is 2.87. The van der Waals surface area contributed by atoms with Gasteiger partial charge in [-0.15, -0.1) is 0 Å². The molecule has 1 aliphatic heterocycles. The molecular weight excluding hydrogens is 324 g/mol. The summed E-state index contributed by atoms with van der Waals surface area (Å²) in [6, 6.07) is 11.4. The van der Waals surface area contributed by atoms with Crippen molar-refractivity contribution in [3.05, 3.63) is 53.6 Å². The van der Waals surface area contributed by atoms with E-state index in [0.717, 1.165) is 4.90 Å². The number of anilines is 1.